The number of nitrogens with one attached hydrogen (secondary N) is 4. The zero-order valence-electron chi connectivity index (χ0n) is 22.4. The fourth-order valence-corrected chi connectivity index (χ4v) is 4.51. The molecule has 0 radical (unpaired) electrons. The normalized spacial score (nSPS) is 20.3. The number of nitrogens with zero attached hydrogens (tertiary/aromatic N) is 1. The van der Waals surface area contributed by atoms with Crippen LogP contribution in [0, 0.1) is 11.2 Å². The van der Waals surface area contributed by atoms with Crippen molar-refractivity contribution < 1.29 is 28.2 Å². The molecular weight excluding hydrogens is 481 g/mol. The van der Waals surface area contributed by atoms with Gasteiger partial charge in [-0.05, 0) is 79.4 Å². The Morgan fingerprint density at radius 2 is 1.59 bits per heavy atom. The van der Waals surface area contributed by atoms with Crippen molar-refractivity contribution in [2.45, 2.75) is 90.5 Å². The molecule has 204 valence electrons. The first kappa shape index (κ1) is 26.8. The average molecular weight is 520 g/mol. The lowest BCUT2D eigenvalue weighted by Gasteiger charge is -2.24. The maximum Gasteiger partial charge on any atom is 0.426 e. The summed E-state index contributed by atoms with van der Waals surface area (Å²) in [6.07, 6.45) is 2.50. The Bertz CT molecular complexity index is 1070. The minimum Gasteiger partial charge on any atom is -0.444 e. The molecule has 3 aliphatic rings. The van der Waals surface area contributed by atoms with Gasteiger partial charge < -0.3 is 25.0 Å². The van der Waals surface area contributed by atoms with E-state index >= 15 is 4.39 Å². The number of amides is 3. The van der Waals surface area contributed by atoms with Gasteiger partial charge in [0.2, 0.25) is 0 Å². The second-order valence-electron chi connectivity index (χ2n) is 12.3. The topological polar surface area (TPSA) is 121 Å². The van der Waals surface area contributed by atoms with Crippen LogP contribution in [0.4, 0.5) is 25.4 Å². The number of halogens is 1. The van der Waals surface area contributed by atoms with Gasteiger partial charge in [0.05, 0.1) is 17.3 Å². The molecule has 10 nitrogen and oxygen atoms in total. The monoisotopic (exact) mass is 519 g/mol. The molecular formula is C26H38FN5O5. The van der Waals surface area contributed by atoms with Crippen molar-refractivity contribution in [3.8, 4) is 0 Å². The van der Waals surface area contributed by atoms with Crippen molar-refractivity contribution in [2.24, 2.45) is 5.41 Å². The lowest BCUT2D eigenvalue weighted by molar-refractivity contribution is 0.0478. The molecule has 1 aromatic rings. The van der Waals surface area contributed by atoms with Crippen LogP contribution >= 0.6 is 0 Å². The van der Waals surface area contributed by atoms with E-state index in [9.17, 15) is 14.4 Å². The number of hydrazine groups is 1. The van der Waals surface area contributed by atoms with Crippen molar-refractivity contribution in [3.63, 3.8) is 0 Å². The van der Waals surface area contributed by atoms with E-state index < -0.39 is 35.1 Å². The Morgan fingerprint density at radius 1 is 0.973 bits per heavy atom. The second kappa shape index (κ2) is 9.57. The van der Waals surface area contributed by atoms with E-state index in [0.717, 1.165) is 25.7 Å². The van der Waals surface area contributed by atoms with Gasteiger partial charge in [0, 0.05) is 30.2 Å². The van der Waals surface area contributed by atoms with Crippen molar-refractivity contribution in [3.05, 3.63) is 23.5 Å². The minimum atomic E-state index is -0.815. The number of ether oxygens (including phenoxy) is 2. The predicted octanol–water partition coefficient (Wildman–Crippen LogP) is 4.06. The summed E-state index contributed by atoms with van der Waals surface area (Å²) in [7, 11) is 0. The molecule has 2 aliphatic carbocycles. The van der Waals surface area contributed by atoms with Crippen molar-refractivity contribution in [1.29, 1.82) is 0 Å². The van der Waals surface area contributed by atoms with Gasteiger partial charge in [-0.25, -0.2) is 19.4 Å². The molecule has 11 heteroatoms. The highest BCUT2D eigenvalue weighted by Crippen LogP contribution is 2.54. The third-order valence-corrected chi connectivity index (χ3v) is 6.52. The molecule has 37 heavy (non-hydrogen) atoms. The first-order valence-corrected chi connectivity index (χ1v) is 12.8. The van der Waals surface area contributed by atoms with E-state index in [0.29, 0.717) is 24.5 Å². The van der Waals surface area contributed by atoms with Gasteiger partial charge in [-0.2, -0.15) is 0 Å². The minimum absolute atomic E-state index is 0.0768. The first-order chi connectivity index (χ1) is 17.1. The highest BCUT2D eigenvalue weighted by atomic mass is 19.1. The summed E-state index contributed by atoms with van der Waals surface area (Å²) >= 11 is 0. The largest absolute Gasteiger partial charge is 0.444 e. The van der Waals surface area contributed by atoms with E-state index in [2.05, 4.69) is 21.5 Å². The van der Waals surface area contributed by atoms with E-state index in [-0.39, 0.29) is 23.1 Å². The molecule has 1 atom stereocenters. The summed E-state index contributed by atoms with van der Waals surface area (Å²) in [4.78, 5) is 39.1. The standard InChI is InChI=1S/C26H38FN5O5/c1-24(2,3)36-22(34)29-20-13-32(14-26(20)9-10-26)19-12-18(28-15-7-8-15)16(11-17(19)27)21(33)30-31-23(35)37-25(4,5)6/h11-12,15,20,28H,7-10,13-14H2,1-6H3,(H,29,34)(H,30,33)(H,31,35). The van der Waals surface area contributed by atoms with E-state index in [1.54, 1.807) is 26.8 Å². The fraction of sp³-hybridized carbons (Fsp3) is 0.654. The number of anilines is 2. The summed E-state index contributed by atoms with van der Waals surface area (Å²) in [5.41, 5.74) is 3.98. The highest BCUT2D eigenvalue weighted by Gasteiger charge is 2.56. The Labute approximate surface area is 217 Å². The van der Waals surface area contributed by atoms with Crippen LogP contribution in [0.15, 0.2) is 12.1 Å². The van der Waals surface area contributed by atoms with Crippen LogP contribution in [0.25, 0.3) is 0 Å². The van der Waals surface area contributed by atoms with E-state index in [4.69, 9.17) is 9.47 Å². The summed E-state index contributed by atoms with van der Waals surface area (Å²) in [5.74, 6) is -1.22. The molecule has 1 spiro atoms. The maximum absolute atomic E-state index is 15.4. The molecule has 4 N–H and O–H groups in total. The number of hydrogen-bond acceptors (Lipinski definition) is 7. The van der Waals surface area contributed by atoms with Gasteiger partial charge >= 0.3 is 12.2 Å². The summed E-state index contributed by atoms with van der Waals surface area (Å²) in [6.45, 7) is 11.6. The van der Waals surface area contributed by atoms with Crippen LogP contribution < -0.4 is 26.4 Å². The number of rotatable bonds is 5. The molecule has 4 rings (SSSR count). The molecule has 3 fully saturated rings. The van der Waals surface area contributed by atoms with E-state index in [1.807, 2.05) is 25.7 Å². The number of alkyl carbamates (subject to hydrolysis) is 1. The van der Waals surface area contributed by atoms with Crippen LogP contribution in [0.3, 0.4) is 0 Å². The molecule has 1 heterocycles. The summed E-state index contributed by atoms with van der Waals surface area (Å²) in [5, 5.41) is 6.28. The molecule has 0 aromatic heterocycles. The van der Waals surface area contributed by atoms with Crippen LogP contribution in [0.2, 0.25) is 0 Å². The molecule has 1 aromatic carbocycles. The Balaban J connectivity index is 1.49. The van der Waals surface area contributed by atoms with Gasteiger partial charge in [0.25, 0.3) is 5.91 Å². The maximum atomic E-state index is 15.4. The number of hydrogen-bond donors (Lipinski definition) is 4. The third-order valence-electron chi connectivity index (χ3n) is 6.52. The van der Waals surface area contributed by atoms with Crippen molar-refractivity contribution in [1.82, 2.24) is 16.2 Å². The Morgan fingerprint density at radius 3 is 2.16 bits per heavy atom. The fourth-order valence-electron chi connectivity index (χ4n) is 4.51. The van der Waals surface area contributed by atoms with Crippen molar-refractivity contribution >= 4 is 29.5 Å². The van der Waals surface area contributed by atoms with Crippen LogP contribution in [-0.2, 0) is 9.47 Å². The quantitative estimate of drug-likeness (QED) is 0.433. The van der Waals surface area contributed by atoms with Crippen LogP contribution in [0.5, 0.6) is 0 Å². The Hall–Kier alpha value is -3.24. The van der Waals surface area contributed by atoms with Gasteiger partial charge in [0.15, 0.2) is 0 Å². The smallest absolute Gasteiger partial charge is 0.426 e. The molecule has 1 unspecified atom stereocenters. The highest BCUT2D eigenvalue weighted by molar-refractivity contribution is 6.01. The zero-order chi connectivity index (χ0) is 27.2. The van der Waals surface area contributed by atoms with Gasteiger partial charge in [-0.15, -0.1) is 0 Å². The molecule has 0 bridgehead atoms. The number of carbonyl (C=O) groups is 3. The molecule has 1 saturated heterocycles. The van der Waals surface area contributed by atoms with Gasteiger partial charge in [-0.3, -0.25) is 10.2 Å². The first-order valence-electron chi connectivity index (χ1n) is 12.8. The van der Waals surface area contributed by atoms with Gasteiger partial charge in [-0.1, -0.05) is 0 Å². The summed E-state index contributed by atoms with van der Waals surface area (Å²) < 4.78 is 26.0. The van der Waals surface area contributed by atoms with Crippen molar-refractivity contribution in [2.75, 3.05) is 23.3 Å². The van der Waals surface area contributed by atoms with Gasteiger partial charge in [0.1, 0.15) is 17.0 Å². The molecule has 3 amide bonds. The SMILES string of the molecule is CC(C)(C)OC(=O)NNC(=O)c1cc(F)c(N2CC(NC(=O)OC(C)(C)C)C3(CC3)C2)cc1NC1CC1. The second-order valence-corrected chi connectivity index (χ2v) is 12.3. The number of benzene rings is 1. The summed E-state index contributed by atoms with van der Waals surface area (Å²) in [6, 6.07) is 2.86. The average Bonchev–Trinajstić information content (AvgIpc) is 3.65. The zero-order valence-corrected chi connectivity index (χ0v) is 22.4. The third kappa shape index (κ3) is 6.95. The molecule has 1 aliphatic heterocycles. The number of carbonyl (C=O) groups excluding carboxylic acids is 3. The lowest BCUT2D eigenvalue weighted by atomic mass is 10.0. The Kier molecular flexibility index (Phi) is 6.94. The van der Waals surface area contributed by atoms with Crippen LogP contribution in [0.1, 0.15) is 77.6 Å². The van der Waals surface area contributed by atoms with Crippen LogP contribution in [-0.4, -0.2) is 54.5 Å². The lowest BCUT2D eigenvalue weighted by Crippen LogP contribution is -2.44. The van der Waals surface area contributed by atoms with E-state index in [1.165, 1.54) is 6.07 Å². The predicted molar refractivity (Wildman–Crippen MR) is 137 cm³/mol. The molecule has 2 saturated carbocycles.